The molecule has 6 nitrogen and oxygen atoms in total. The quantitative estimate of drug-likeness (QED) is 0.902. The Hall–Kier alpha value is -1.53. The average Bonchev–Trinajstić information content (AvgIpc) is 2.74. The third kappa shape index (κ3) is 3.39. The molecule has 2 heterocycles. The highest BCUT2D eigenvalue weighted by Crippen LogP contribution is 2.28. The summed E-state index contributed by atoms with van der Waals surface area (Å²) in [5, 5.41) is 9.15. The van der Waals surface area contributed by atoms with Crippen molar-refractivity contribution in [3.05, 3.63) is 23.0 Å². The Labute approximate surface area is 128 Å². The molecule has 0 unspecified atom stereocenters. The predicted octanol–water partition coefficient (Wildman–Crippen LogP) is 2.04. The summed E-state index contributed by atoms with van der Waals surface area (Å²) >= 11 is 5.98. The molecule has 1 aliphatic heterocycles. The Morgan fingerprint density at radius 1 is 1.48 bits per heavy atom. The molecule has 1 aliphatic rings. The van der Waals surface area contributed by atoms with Crippen molar-refractivity contribution in [3.8, 4) is 0 Å². The van der Waals surface area contributed by atoms with Gasteiger partial charge < -0.3 is 19.3 Å². The second kappa shape index (κ2) is 5.69. The van der Waals surface area contributed by atoms with Crippen LogP contribution >= 0.6 is 11.6 Å². The number of carbonyl (C=O) groups is 2. The monoisotopic (exact) mass is 314 g/mol. The van der Waals surface area contributed by atoms with Crippen molar-refractivity contribution < 1.29 is 19.4 Å². The summed E-state index contributed by atoms with van der Waals surface area (Å²) in [7, 11) is 0. The number of carboxylic acids is 1. The Morgan fingerprint density at radius 3 is 2.62 bits per heavy atom. The van der Waals surface area contributed by atoms with E-state index in [1.54, 1.807) is 24.1 Å². The van der Waals surface area contributed by atoms with Crippen LogP contribution in [0.2, 0.25) is 5.02 Å². The molecule has 116 valence electrons. The maximum absolute atomic E-state index is 12.5. The number of hydrogen-bond acceptors (Lipinski definition) is 3. The number of ether oxygens (including phenoxy) is 1. The lowest BCUT2D eigenvalue weighted by Gasteiger charge is -2.47. The highest BCUT2D eigenvalue weighted by molar-refractivity contribution is 6.31. The van der Waals surface area contributed by atoms with E-state index in [-0.39, 0.29) is 18.6 Å². The van der Waals surface area contributed by atoms with Gasteiger partial charge in [-0.05, 0) is 26.8 Å². The number of aromatic nitrogens is 1. The van der Waals surface area contributed by atoms with Crippen LogP contribution in [-0.4, -0.2) is 51.7 Å². The summed E-state index contributed by atoms with van der Waals surface area (Å²) in [6.07, 6.45) is 1.74. The van der Waals surface area contributed by atoms with Gasteiger partial charge in [0.05, 0.1) is 18.1 Å². The molecule has 2 rings (SSSR count). The first-order valence-corrected chi connectivity index (χ1v) is 7.12. The second-order valence-electron chi connectivity index (χ2n) is 5.84. The summed E-state index contributed by atoms with van der Waals surface area (Å²) in [5.74, 6) is -1.13. The van der Waals surface area contributed by atoms with Gasteiger partial charge in [-0.3, -0.25) is 4.79 Å². The Kier molecular flexibility index (Phi) is 4.30. The maximum atomic E-state index is 12.5. The number of rotatable bonds is 5. The van der Waals surface area contributed by atoms with Crippen molar-refractivity contribution in [2.24, 2.45) is 0 Å². The van der Waals surface area contributed by atoms with E-state index in [0.717, 1.165) is 0 Å². The lowest BCUT2D eigenvalue weighted by Crippen LogP contribution is -2.63. The summed E-state index contributed by atoms with van der Waals surface area (Å²) in [6, 6.07) is 1.78. The van der Waals surface area contributed by atoms with Crippen LogP contribution in [0.1, 0.15) is 37.3 Å². The van der Waals surface area contributed by atoms with E-state index >= 15 is 0 Å². The third-order valence-electron chi connectivity index (χ3n) is 3.47. The van der Waals surface area contributed by atoms with Gasteiger partial charge in [0.1, 0.15) is 17.9 Å². The third-order valence-corrected chi connectivity index (χ3v) is 3.68. The molecule has 0 aliphatic carbocycles. The molecular formula is C14H19ClN2O4. The highest BCUT2D eigenvalue weighted by atomic mass is 35.5. The van der Waals surface area contributed by atoms with Gasteiger partial charge in [0.25, 0.3) is 5.91 Å². The number of aliphatic carboxylic acids is 1. The zero-order chi connectivity index (χ0) is 15.8. The Balaban J connectivity index is 2.02. The van der Waals surface area contributed by atoms with E-state index in [9.17, 15) is 9.59 Å². The summed E-state index contributed by atoms with van der Waals surface area (Å²) in [6.45, 7) is 6.15. The molecule has 1 N–H and O–H groups in total. The van der Waals surface area contributed by atoms with Crippen LogP contribution in [0.5, 0.6) is 0 Å². The molecule has 0 atom stereocenters. The molecule has 0 spiro atoms. The fourth-order valence-electron chi connectivity index (χ4n) is 2.44. The van der Waals surface area contributed by atoms with Crippen molar-refractivity contribution in [2.45, 2.75) is 32.4 Å². The molecule has 1 saturated heterocycles. The SMILES string of the molecule is CC(C)n1cc(Cl)cc1C(=O)N1CC(C)(OCC(=O)O)C1. The minimum atomic E-state index is -1.01. The van der Waals surface area contributed by atoms with Gasteiger partial charge in [0.15, 0.2) is 0 Å². The molecule has 1 aromatic heterocycles. The van der Waals surface area contributed by atoms with Crippen LogP contribution in [0.4, 0.5) is 0 Å². The molecule has 0 bridgehead atoms. The minimum Gasteiger partial charge on any atom is -0.480 e. The standard InChI is InChI=1S/C14H19ClN2O4/c1-9(2)17-5-10(15)4-11(17)13(20)16-7-14(3,8-16)21-6-12(18)19/h4-5,9H,6-8H2,1-3H3,(H,18,19). The summed E-state index contributed by atoms with van der Waals surface area (Å²) in [4.78, 5) is 24.6. The van der Waals surface area contributed by atoms with Crippen LogP contribution in [0.25, 0.3) is 0 Å². The Bertz CT molecular complexity index is 561. The van der Waals surface area contributed by atoms with E-state index in [0.29, 0.717) is 23.8 Å². The van der Waals surface area contributed by atoms with Gasteiger partial charge in [-0.15, -0.1) is 0 Å². The van der Waals surface area contributed by atoms with Crippen molar-refractivity contribution >= 4 is 23.5 Å². The lowest BCUT2D eigenvalue weighted by atomic mass is 9.96. The lowest BCUT2D eigenvalue weighted by molar-refractivity contribution is -0.160. The number of halogens is 1. The zero-order valence-electron chi connectivity index (χ0n) is 12.3. The molecule has 0 aromatic carbocycles. The molecule has 1 aromatic rings. The van der Waals surface area contributed by atoms with Crippen LogP contribution < -0.4 is 0 Å². The molecular weight excluding hydrogens is 296 g/mol. The highest BCUT2D eigenvalue weighted by Gasteiger charge is 2.43. The van der Waals surface area contributed by atoms with Crippen molar-refractivity contribution in [2.75, 3.05) is 19.7 Å². The fraction of sp³-hybridized carbons (Fsp3) is 0.571. The van der Waals surface area contributed by atoms with Gasteiger partial charge in [0.2, 0.25) is 0 Å². The predicted molar refractivity (Wildman–Crippen MR) is 77.7 cm³/mol. The molecule has 7 heteroatoms. The van der Waals surface area contributed by atoms with Crippen LogP contribution in [0.3, 0.4) is 0 Å². The zero-order valence-corrected chi connectivity index (χ0v) is 13.1. The second-order valence-corrected chi connectivity index (χ2v) is 6.27. The largest absolute Gasteiger partial charge is 0.480 e. The topological polar surface area (TPSA) is 71.8 Å². The summed E-state index contributed by atoms with van der Waals surface area (Å²) < 4.78 is 7.13. The number of nitrogens with zero attached hydrogens (tertiary/aromatic N) is 2. The van der Waals surface area contributed by atoms with E-state index in [1.807, 2.05) is 18.4 Å². The van der Waals surface area contributed by atoms with Crippen LogP contribution in [-0.2, 0) is 9.53 Å². The van der Waals surface area contributed by atoms with Gasteiger partial charge in [-0.25, -0.2) is 4.79 Å². The summed E-state index contributed by atoms with van der Waals surface area (Å²) in [5.41, 5.74) is -0.0529. The van der Waals surface area contributed by atoms with Crippen molar-refractivity contribution in [3.63, 3.8) is 0 Å². The smallest absolute Gasteiger partial charge is 0.329 e. The molecule has 1 amide bonds. The first-order chi connectivity index (χ1) is 9.72. The molecule has 0 saturated carbocycles. The van der Waals surface area contributed by atoms with Crippen LogP contribution in [0, 0.1) is 0 Å². The maximum Gasteiger partial charge on any atom is 0.329 e. The first-order valence-electron chi connectivity index (χ1n) is 6.74. The molecule has 1 fully saturated rings. The number of amides is 1. The van der Waals surface area contributed by atoms with Crippen molar-refractivity contribution in [1.29, 1.82) is 0 Å². The van der Waals surface area contributed by atoms with E-state index in [2.05, 4.69) is 0 Å². The van der Waals surface area contributed by atoms with Gasteiger partial charge in [0, 0.05) is 12.2 Å². The van der Waals surface area contributed by atoms with E-state index in [1.165, 1.54) is 0 Å². The number of carbonyl (C=O) groups excluding carboxylic acids is 1. The van der Waals surface area contributed by atoms with Gasteiger partial charge in [-0.1, -0.05) is 11.6 Å². The van der Waals surface area contributed by atoms with Gasteiger partial charge in [-0.2, -0.15) is 0 Å². The molecule has 0 radical (unpaired) electrons. The number of likely N-dealkylation sites (tertiary alicyclic amines) is 1. The van der Waals surface area contributed by atoms with E-state index < -0.39 is 11.6 Å². The number of hydrogen-bond donors (Lipinski definition) is 1. The molecule has 21 heavy (non-hydrogen) atoms. The van der Waals surface area contributed by atoms with Crippen LogP contribution in [0.15, 0.2) is 12.3 Å². The van der Waals surface area contributed by atoms with E-state index in [4.69, 9.17) is 21.4 Å². The number of carboxylic acid groups (broad SMARTS) is 1. The fourth-order valence-corrected chi connectivity index (χ4v) is 2.65. The van der Waals surface area contributed by atoms with Crippen molar-refractivity contribution in [1.82, 2.24) is 9.47 Å². The first kappa shape index (κ1) is 15.9. The Morgan fingerprint density at radius 2 is 2.10 bits per heavy atom. The normalized spacial score (nSPS) is 16.9. The average molecular weight is 315 g/mol. The minimum absolute atomic E-state index is 0.119. The van der Waals surface area contributed by atoms with Gasteiger partial charge >= 0.3 is 5.97 Å².